The van der Waals surface area contributed by atoms with E-state index in [4.69, 9.17) is 4.74 Å². The number of anilines is 1. The summed E-state index contributed by atoms with van der Waals surface area (Å²) in [6, 6.07) is 4.47. The molecule has 0 bridgehead atoms. The van der Waals surface area contributed by atoms with Crippen LogP contribution in [0.4, 0.5) is 10.1 Å². The summed E-state index contributed by atoms with van der Waals surface area (Å²) in [5.41, 5.74) is -0.126. The molecule has 1 amide bonds. The molecule has 18 heavy (non-hydrogen) atoms. The van der Waals surface area contributed by atoms with Crippen molar-refractivity contribution in [2.45, 2.75) is 12.5 Å². The minimum Gasteiger partial charge on any atom is -0.363 e. The molecule has 2 N–H and O–H groups in total. The minimum absolute atomic E-state index is 0.0757. The average Bonchev–Trinajstić information content (AvgIpc) is 2.28. The number of halogens is 2. The molecule has 0 atom stereocenters. The van der Waals surface area contributed by atoms with Gasteiger partial charge in [0.05, 0.1) is 11.3 Å². The van der Waals surface area contributed by atoms with Crippen molar-refractivity contribution in [1.82, 2.24) is 5.32 Å². The van der Waals surface area contributed by atoms with Gasteiger partial charge in [-0.3, -0.25) is 4.79 Å². The van der Waals surface area contributed by atoms with Crippen molar-refractivity contribution in [1.29, 1.82) is 0 Å². The van der Waals surface area contributed by atoms with Crippen molar-refractivity contribution >= 4 is 27.5 Å². The molecule has 0 radical (unpaired) electrons. The largest absolute Gasteiger partial charge is 0.363 e. The maximum Gasteiger partial charge on any atom is 0.250 e. The Bertz CT molecular complexity index is 463. The maximum absolute atomic E-state index is 13.5. The Labute approximate surface area is 113 Å². The van der Waals surface area contributed by atoms with Gasteiger partial charge in [0.25, 0.3) is 0 Å². The van der Waals surface area contributed by atoms with Crippen LogP contribution in [0.25, 0.3) is 0 Å². The van der Waals surface area contributed by atoms with Crippen LogP contribution in [0.15, 0.2) is 22.7 Å². The lowest BCUT2D eigenvalue weighted by molar-refractivity contribution is -0.130. The molecule has 0 aliphatic carbocycles. The van der Waals surface area contributed by atoms with Gasteiger partial charge in [-0.15, -0.1) is 0 Å². The summed E-state index contributed by atoms with van der Waals surface area (Å²) < 4.78 is 19.6. The third-order valence-electron chi connectivity index (χ3n) is 2.75. The molecular formula is C12H14BrFN2O2. The van der Waals surface area contributed by atoms with Crippen molar-refractivity contribution in [3.63, 3.8) is 0 Å². The number of benzene rings is 1. The number of carbonyl (C=O) groups is 1. The van der Waals surface area contributed by atoms with Crippen LogP contribution < -0.4 is 10.6 Å². The molecular weight excluding hydrogens is 303 g/mol. The number of nitrogens with one attached hydrogen (secondary N) is 2. The molecule has 1 fully saturated rings. The van der Waals surface area contributed by atoms with E-state index in [0.717, 1.165) is 13.1 Å². The van der Waals surface area contributed by atoms with Gasteiger partial charge >= 0.3 is 0 Å². The normalized spacial score (nSPS) is 17.1. The molecule has 1 aromatic rings. The Morgan fingerprint density at radius 2 is 2.33 bits per heavy atom. The SMILES string of the molecule is CC1(OCC(=O)Nc2ccc(Br)cc2F)CNC1. The van der Waals surface area contributed by atoms with Crippen LogP contribution in [0.3, 0.4) is 0 Å². The highest BCUT2D eigenvalue weighted by Crippen LogP contribution is 2.20. The number of ether oxygens (including phenoxy) is 1. The van der Waals surface area contributed by atoms with E-state index in [1.807, 2.05) is 6.92 Å². The first-order chi connectivity index (χ1) is 8.48. The summed E-state index contributed by atoms with van der Waals surface area (Å²) in [6.45, 7) is 3.31. The van der Waals surface area contributed by atoms with E-state index in [9.17, 15) is 9.18 Å². The molecule has 4 nitrogen and oxygen atoms in total. The maximum atomic E-state index is 13.5. The molecule has 98 valence electrons. The summed E-state index contributed by atoms with van der Waals surface area (Å²) in [4.78, 5) is 11.6. The molecule has 1 aliphatic rings. The van der Waals surface area contributed by atoms with Gasteiger partial charge in [-0.1, -0.05) is 15.9 Å². The fraction of sp³-hybridized carbons (Fsp3) is 0.417. The Morgan fingerprint density at radius 1 is 1.61 bits per heavy atom. The summed E-state index contributed by atoms with van der Waals surface area (Å²) in [7, 11) is 0. The first-order valence-electron chi connectivity index (χ1n) is 5.58. The van der Waals surface area contributed by atoms with Crippen molar-refractivity contribution in [2.24, 2.45) is 0 Å². The van der Waals surface area contributed by atoms with Gasteiger partial charge < -0.3 is 15.4 Å². The summed E-state index contributed by atoms with van der Waals surface area (Å²) in [5, 5.41) is 5.55. The highest BCUT2D eigenvalue weighted by Gasteiger charge is 2.33. The Kier molecular flexibility index (Phi) is 3.99. The first kappa shape index (κ1) is 13.5. The van der Waals surface area contributed by atoms with Crippen molar-refractivity contribution in [3.05, 3.63) is 28.5 Å². The summed E-state index contributed by atoms with van der Waals surface area (Å²) >= 11 is 3.15. The topological polar surface area (TPSA) is 50.4 Å². The average molecular weight is 317 g/mol. The number of rotatable bonds is 4. The van der Waals surface area contributed by atoms with E-state index < -0.39 is 5.82 Å². The molecule has 0 saturated carbocycles. The van der Waals surface area contributed by atoms with Crippen LogP contribution in [-0.4, -0.2) is 31.2 Å². The van der Waals surface area contributed by atoms with Crippen LogP contribution >= 0.6 is 15.9 Å². The summed E-state index contributed by atoms with van der Waals surface area (Å²) in [6.07, 6.45) is 0. The van der Waals surface area contributed by atoms with Crippen LogP contribution in [0.5, 0.6) is 0 Å². The molecule has 0 aromatic heterocycles. The predicted molar refractivity (Wildman–Crippen MR) is 70.0 cm³/mol. The number of hydrogen-bond acceptors (Lipinski definition) is 3. The van der Waals surface area contributed by atoms with E-state index in [-0.39, 0.29) is 23.8 Å². The van der Waals surface area contributed by atoms with E-state index in [2.05, 4.69) is 26.6 Å². The van der Waals surface area contributed by atoms with E-state index >= 15 is 0 Å². The Hall–Kier alpha value is -0.980. The quantitative estimate of drug-likeness (QED) is 0.892. The second-order valence-corrected chi connectivity index (χ2v) is 5.43. The third kappa shape index (κ3) is 3.28. The van der Waals surface area contributed by atoms with Crippen LogP contribution in [0.2, 0.25) is 0 Å². The highest BCUT2D eigenvalue weighted by molar-refractivity contribution is 9.10. The lowest BCUT2D eigenvalue weighted by Gasteiger charge is -2.38. The van der Waals surface area contributed by atoms with Gasteiger partial charge in [-0.25, -0.2) is 4.39 Å². The molecule has 1 heterocycles. The van der Waals surface area contributed by atoms with Crippen molar-refractivity contribution < 1.29 is 13.9 Å². The van der Waals surface area contributed by atoms with Crippen molar-refractivity contribution in [3.8, 4) is 0 Å². The van der Waals surface area contributed by atoms with Gasteiger partial charge in [0.2, 0.25) is 5.91 Å². The summed E-state index contributed by atoms with van der Waals surface area (Å²) in [5.74, 6) is -0.835. The molecule has 0 unspecified atom stereocenters. The molecule has 2 rings (SSSR count). The molecule has 1 aromatic carbocycles. The predicted octanol–water partition coefficient (Wildman–Crippen LogP) is 1.91. The third-order valence-corrected chi connectivity index (χ3v) is 3.25. The fourth-order valence-corrected chi connectivity index (χ4v) is 1.93. The Morgan fingerprint density at radius 3 is 2.89 bits per heavy atom. The van der Waals surface area contributed by atoms with Crippen molar-refractivity contribution in [2.75, 3.05) is 25.0 Å². The second kappa shape index (κ2) is 5.34. The van der Waals surface area contributed by atoms with Gasteiger partial charge in [0, 0.05) is 17.6 Å². The van der Waals surface area contributed by atoms with Crippen LogP contribution in [-0.2, 0) is 9.53 Å². The zero-order valence-corrected chi connectivity index (χ0v) is 11.5. The van der Waals surface area contributed by atoms with E-state index in [1.54, 1.807) is 6.07 Å². The lowest BCUT2D eigenvalue weighted by atomic mass is 10.0. The number of hydrogen-bond donors (Lipinski definition) is 2. The highest BCUT2D eigenvalue weighted by atomic mass is 79.9. The van der Waals surface area contributed by atoms with Gasteiger partial charge in [0.15, 0.2) is 0 Å². The first-order valence-corrected chi connectivity index (χ1v) is 6.37. The zero-order valence-electron chi connectivity index (χ0n) is 9.93. The van der Waals surface area contributed by atoms with Crippen LogP contribution in [0, 0.1) is 5.82 Å². The van der Waals surface area contributed by atoms with E-state index in [1.165, 1.54) is 12.1 Å². The van der Waals surface area contributed by atoms with Gasteiger partial charge in [-0.2, -0.15) is 0 Å². The fourth-order valence-electron chi connectivity index (χ4n) is 1.60. The number of amides is 1. The van der Waals surface area contributed by atoms with Crippen LogP contribution in [0.1, 0.15) is 6.92 Å². The molecule has 1 aliphatic heterocycles. The monoisotopic (exact) mass is 316 g/mol. The van der Waals surface area contributed by atoms with Gasteiger partial charge in [-0.05, 0) is 25.1 Å². The standard InChI is InChI=1S/C12H14BrFN2O2/c1-12(6-15-7-12)18-5-11(17)16-10-3-2-8(13)4-9(10)14/h2-4,15H,5-7H2,1H3,(H,16,17). The number of carbonyl (C=O) groups excluding carboxylic acids is 1. The second-order valence-electron chi connectivity index (χ2n) is 4.51. The lowest BCUT2D eigenvalue weighted by Crippen LogP contribution is -2.59. The molecule has 0 spiro atoms. The van der Waals surface area contributed by atoms with Gasteiger partial charge in [0.1, 0.15) is 12.4 Å². The Balaban J connectivity index is 1.87. The molecule has 6 heteroatoms. The minimum atomic E-state index is -0.478. The smallest absolute Gasteiger partial charge is 0.250 e. The van der Waals surface area contributed by atoms with E-state index in [0.29, 0.717) is 4.47 Å². The molecule has 1 saturated heterocycles. The zero-order chi connectivity index (χ0) is 13.2.